The lowest BCUT2D eigenvalue weighted by Crippen LogP contribution is -2.57. The van der Waals surface area contributed by atoms with Gasteiger partial charge in [0.15, 0.2) is 23.3 Å². The normalized spacial score (nSPS) is 19.5. The Bertz CT molecular complexity index is 2490. The van der Waals surface area contributed by atoms with Crippen LogP contribution in [0.25, 0.3) is 22.2 Å². The third kappa shape index (κ3) is 9.13. The number of hydrogen-bond acceptors (Lipinski definition) is 10. The van der Waals surface area contributed by atoms with Gasteiger partial charge in [-0.3, -0.25) is 19.3 Å². The number of ether oxygens (including phenoxy) is 3. The minimum atomic E-state index is -1.81. The third-order valence-corrected chi connectivity index (χ3v) is 12.2. The van der Waals surface area contributed by atoms with Crippen molar-refractivity contribution in [1.82, 2.24) is 25.0 Å². The second-order valence-electron chi connectivity index (χ2n) is 17.0. The van der Waals surface area contributed by atoms with Crippen LogP contribution >= 0.6 is 0 Å². The summed E-state index contributed by atoms with van der Waals surface area (Å²) in [5.74, 6) is -8.64. The zero-order valence-electron chi connectivity index (χ0n) is 36.5. The van der Waals surface area contributed by atoms with Gasteiger partial charge in [0.1, 0.15) is 24.1 Å². The minimum absolute atomic E-state index is 0.00190. The van der Waals surface area contributed by atoms with Gasteiger partial charge in [0, 0.05) is 47.5 Å². The molecule has 0 bridgehead atoms. The number of likely N-dealkylation sites (tertiary alicyclic amines) is 2. The Balaban J connectivity index is 1.19. The number of halogens is 4. The highest BCUT2D eigenvalue weighted by Gasteiger charge is 2.42. The number of rotatable bonds is 12. The van der Waals surface area contributed by atoms with Gasteiger partial charge in [0.05, 0.1) is 43.1 Å². The summed E-state index contributed by atoms with van der Waals surface area (Å²) in [6.07, 6.45) is -2.74. The predicted octanol–water partition coefficient (Wildman–Crippen LogP) is 6.22. The standard InChI is InChI=1S/C45H51F4N7O9/c1-21(2)37(52-44(61)63-5)41(59)54-15-7-9-30(54)39(57)50-24-12-14-29-23(17-24)18-32-26-13-11-25(19-33(26)65-43(56(29)32)34-35(48)27(46)20-28(47)36(34)49)51-40(58)31-10-8-16-55(31)42(60)38(22(3)4)53-45(62)64-6/h11-14,17-22,30-31,37-38,42-43,60H,7-10,15-16H2,1-6H3,(H,50,57)(H,51,58)(H,52,61)(H,53,62)/t30-,31-,37-,38-,42?,43-/m0/s1. The number of amides is 5. The fourth-order valence-electron chi connectivity index (χ4n) is 8.86. The molecule has 0 spiro atoms. The number of hydrogen-bond donors (Lipinski definition) is 5. The number of aliphatic hydroxyl groups excluding tert-OH is 1. The summed E-state index contributed by atoms with van der Waals surface area (Å²) in [6.45, 7) is 7.75. The van der Waals surface area contributed by atoms with Crippen LogP contribution in [0.15, 0.2) is 48.5 Å². The van der Waals surface area contributed by atoms with Gasteiger partial charge in [0.2, 0.25) is 23.9 Å². The maximum atomic E-state index is 15.7. The van der Waals surface area contributed by atoms with Crippen LogP contribution in [0.5, 0.6) is 5.75 Å². The Morgan fingerprint density at radius 1 is 0.754 bits per heavy atom. The number of aliphatic hydroxyl groups is 1. The van der Waals surface area contributed by atoms with Crippen molar-refractivity contribution in [3.8, 4) is 17.0 Å². The Morgan fingerprint density at radius 3 is 2.00 bits per heavy atom. The molecular weight excluding hydrogens is 859 g/mol. The van der Waals surface area contributed by atoms with Crippen LogP contribution in [-0.2, 0) is 23.9 Å². The fraction of sp³-hybridized carbons (Fsp3) is 0.444. The molecule has 16 nitrogen and oxygen atoms in total. The van der Waals surface area contributed by atoms with Crippen LogP contribution in [0.4, 0.5) is 38.5 Å². The van der Waals surface area contributed by atoms with Crippen molar-refractivity contribution < 1.29 is 60.9 Å². The van der Waals surface area contributed by atoms with Crippen LogP contribution in [0, 0.1) is 35.1 Å². The van der Waals surface area contributed by atoms with Gasteiger partial charge in [0.25, 0.3) is 0 Å². The average molecular weight is 910 g/mol. The number of aromatic nitrogens is 1. The number of carbonyl (C=O) groups is 5. The van der Waals surface area contributed by atoms with Gasteiger partial charge >= 0.3 is 12.2 Å². The molecule has 7 rings (SSSR count). The van der Waals surface area contributed by atoms with E-state index in [9.17, 15) is 37.9 Å². The smallest absolute Gasteiger partial charge is 0.407 e. The number of benzene rings is 3. The first-order valence-electron chi connectivity index (χ1n) is 21.3. The lowest BCUT2D eigenvalue weighted by Gasteiger charge is -2.36. The molecule has 5 N–H and O–H groups in total. The van der Waals surface area contributed by atoms with E-state index in [1.807, 2.05) is 0 Å². The number of fused-ring (bicyclic) bond motifs is 5. The van der Waals surface area contributed by atoms with E-state index in [1.54, 1.807) is 56.9 Å². The van der Waals surface area contributed by atoms with Crippen LogP contribution in [0.2, 0.25) is 0 Å². The molecule has 1 unspecified atom stereocenters. The average Bonchev–Trinajstić information content (AvgIpc) is 4.05. The second-order valence-corrected chi connectivity index (χ2v) is 17.0. The lowest BCUT2D eigenvalue weighted by molar-refractivity contribution is -0.139. The molecule has 0 radical (unpaired) electrons. The summed E-state index contributed by atoms with van der Waals surface area (Å²) in [6, 6.07) is 7.56. The van der Waals surface area contributed by atoms with E-state index in [1.165, 1.54) is 41.9 Å². The fourth-order valence-corrected chi connectivity index (χ4v) is 8.86. The van der Waals surface area contributed by atoms with Crippen LogP contribution in [-0.4, -0.2) is 107 Å². The van der Waals surface area contributed by atoms with Crippen molar-refractivity contribution >= 4 is 52.2 Å². The first kappa shape index (κ1) is 46.6. The first-order chi connectivity index (χ1) is 30.9. The van der Waals surface area contributed by atoms with E-state index in [2.05, 4.69) is 26.0 Å². The third-order valence-electron chi connectivity index (χ3n) is 12.2. The van der Waals surface area contributed by atoms with E-state index in [0.29, 0.717) is 60.1 Å². The molecule has 65 heavy (non-hydrogen) atoms. The van der Waals surface area contributed by atoms with Gasteiger partial charge < -0.3 is 50.1 Å². The van der Waals surface area contributed by atoms with Gasteiger partial charge in [-0.05, 0) is 73.9 Å². The second kappa shape index (κ2) is 19.0. The highest BCUT2D eigenvalue weighted by molar-refractivity contribution is 6.01. The van der Waals surface area contributed by atoms with E-state index in [4.69, 9.17) is 9.47 Å². The number of carbonyl (C=O) groups excluding carboxylic acids is 5. The highest BCUT2D eigenvalue weighted by Crippen LogP contribution is 2.47. The molecule has 4 heterocycles. The monoisotopic (exact) mass is 909 g/mol. The SMILES string of the molecule is COC(=O)N[C@@H](C(C)C)C(O)N1CCC[C@H]1C(=O)Nc1ccc2c(c1)O[C@@H](c1c(F)c(F)cc(F)c1F)n1c-2cc2cc(NC(=O)[C@@H]3CCCN3C(=O)[C@@H](NC(=O)OC)C(C)C)ccc21. The molecular formula is C45H51F4N7O9. The van der Waals surface area contributed by atoms with Gasteiger partial charge in [-0.15, -0.1) is 0 Å². The number of alkyl carbamates (subject to hydrolysis) is 2. The van der Waals surface area contributed by atoms with E-state index in [-0.39, 0.29) is 35.9 Å². The summed E-state index contributed by atoms with van der Waals surface area (Å²) >= 11 is 0. The molecule has 5 amide bonds. The summed E-state index contributed by atoms with van der Waals surface area (Å²) in [5.41, 5.74) is 0.442. The number of nitrogens with zero attached hydrogens (tertiary/aromatic N) is 3. The number of nitrogens with one attached hydrogen (secondary N) is 4. The Morgan fingerprint density at radius 2 is 1.35 bits per heavy atom. The quantitative estimate of drug-likeness (QED) is 0.0806. The van der Waals surface area contributed by atoms with Crippen molar-refractivity contribution in [2.24, 2.45) is 11.8 Å². The van der Waals surface area contributed by atoms with Crippen molar-refractivity contribution in [3.63, 3.8) is 0 Å². The molecule has 6 atom stereocenters. The van der Waals surface area contributed by atoms with E-state index in [0.717, 1.165) is 0 Å². The molecule has 0 aliphatic carbocycles. The molecule has 2 fully saturated rings. The summed E-state index contributed by atoms with van der Waals surface area (Å²) in [7, 11) is 2.38. The summed E-state index contributed by atoms with van der Waals surface area (Å²) < 4.78 is 77.9. The van der Waals surface area contributed by atoms with Gasteiger partial charge in [-0.2, -0.15) is 0 Å². The molecule has 3 aliphatic heterocycles. The van der Waals surface area contributed by atoms with Crippen molar-refractivity contribution in [3.05, 3.63) is 77.4 Å². The van der Waals surface area contributed by atoms with Gasteiger partial charge in [-0.1, -0.05) is 27.7 Å². The van der Waals surface area contributed by atoms with Crippen molar-refractivity contribution in [1.29, 1.82) is 0 Å². The molecule has 4 aromatic rings. The van der Waals surface area contributed by atoms with Crippen molar-refractivity contribution in [2.45, 2.75) is 90.0 Å². The maximum Gasteiger partial charge on any atom is 0.407 e. The number of anilines is 2. The van der Waals surface area contributed by atoms with E-state index >= 15 is 8.78 Å². The molecule has 20 heteroatoms. The maximum absolute atomic E-state index is 15.7. The molecule has 1 aromatic heterocycles. The predicted molar refractivity (Wildman–Crippen MR) is 228 cm³/mol. The zero-order valence-corrected chi connectivity index (χ0v) is 36.5. The lowest BCUT2D eigenvalue weighted by atomic mass is 10.0. The van der Waals surface area contributed by atoms with Gasteiger partial charge in [-0.25, -0.2) is 27.2 Å². The Hall–Kier alpha value is -6.41. The van der Waals surface area contributed by atoms with Crippen molar-refractivity contribution in [2.75, 3.05) is 37.9 Å². The largest absolute Gasteiger partial charge is 0.465 e. The van der Waals surface area contributed by atoms with E-state index < -0.39 is 95.4 Å². The minimum Gasteiger partial charge on any atom is -0.465 e. The topological polar surface area (TPSA) is 193 Å². The first-order valence-corrected chi connectivity index (χ1v) is 21.3. The summed E-state index contributed by atoms with van der Waals surface area (Å²) in [5, 5.41) is 22.6. The zero-order chi connectivity index (χ0) is 47.0. The van der Waals surface area contributed by atoms with Crippen LogP contribution in [0.3, 0.4) is 0 Å². The molecule has 2 saturated heterocycles. The Kier molecular flexibility index (Phi) is 13.6. The molecule has 348 valence electrons. The Labute approximate surface area is 371 Å². The molecule has 3 aromatic carbocycles. The van der Waals surface area contributed by atoms with Crippen LogP contribution in [0.1, 0.15) is 65.2 Å². The van der Waals surface area contributed by atoms with Crippen LogP contribution < -0.4 is 26.0 Å². The molecule has 3 aliphatic rings. The molecule has 0 saturated carbocycles. The highest BCUT2D eigenvalue weighted by atomic mass is 19.2. The number of methoxy groups -OCH3 is 2. The summed E-state index contributed by atoms with van der Waals surface area (Å²) in [4.78, 5) is 68.2.